The Kier molecular flexibility index (Phi) is 5.88. The fraction of sp³-hybridized carbons (Fsp3) is 0.381. The van der Waals surface area contributed by atoms with E-state index < -0.39 is 4.92 Å². The first-order valence-corrected chi connectivity index (χ1v) is 10.8. The van der Waals surface area contributed by atoms with Crippen LogP contribution in [0.2, 0.25) is 0 Å². The van der Waals surface area contributed by atoms with Crippen LogP contribution in [0.15, 0.2) is 29.6 Å². The second-order valence-corrected chi connectivity index (χ2v) is 8.65. The van der Waals surface area contributed by atoms with Gasteiger partial charge in [-0.2, -0.15) is 5.26 Å². The maximum absolute atomic E-state index is 11.0. The van der Waals surface area contributed by atoms with Crippen LogP contribution in [-0.4, -0.2) is 39.4 Å². The van der Waals surface area contributed by atoms with Crippen molar-refractivity contribution in [3.05, 3.63) is 56.0 Å². The van der Waals surface area contributed by atoms with Gasteiger partial charge in [-0.15, -0.1) is 11.3 Å². The molecule has 1 N–H and O–H groups in total. The summed E-state index contributed by atoms with van der Waals surface area (Å²) in [6.45, 7) is 5.82. The second kappa shape index (κ2) is 8.73. The molecule has 3 heterocycles. The number of fused-ring (bicyclic) bond motifs is 1. The van der Waals surface area contributed by atoms with E-state index in [1.807, 2.05) is 6.92 Å². The van der Waals surface area contributed by atoms with Gasteiger partial charge in [-0.25, -0.2) is 9.97 Å². The zero-order valence-electron chi connectivity index (χ0n) is 16.7. The van der Waals surface area contributed by atoms with Gasteiger partial charge in [-0.05, 0) is 50.9 Å². The number of benzene rings is 1. The molecule has 0 radical (unpaired) electrons. The molecular weight excluding hydrogens is 400 g/mol. The van der Waals surface area contributed by atoms with Crippen LogP contribution in [0.5, 0.6) is 0 Å². The van der Waals surface area contributed by atoms with Crippen molar-refractivity contribution in [2.24, 2.45) is 5.92 Å². The summed E-state index contributed by atoms with van der Waals surface area (Å²) in [5, 5.41) is 27.6. The lowest BCUT2D eigenvalue weighted by molar-refractivity contribution is -0.384. The van der Waals surface area contributed by atoms with Crippen LogP contribution in [0, 0.1) is 34.3 Å². The molecule has 0 aliphatic carbocycles. The molecular formula is C21H22N6O2S. The monoisotopic (exact) mass is 422 g/mol. The summed E-state index contributed by atoms with van der Waals surface area (Å²) in [5.74, 6) is 1.17. The molecule has 8 nitrogen and oxygen atoms in total. The number of nitro groups is 1. The number of thiazole rings is 1. The molecule has 4 rings (SSSR count). The lowest BCUT2D eigenvalue weighted by atomic mass is 9.96. The minimum Gasteiger partial charge on any atom is -0.370 e. The summed E-state index contributed by atoms with van der Waals surface area (Å²) in [6.07, 6.45) is 2.20. The summed E-state index contributed by atoms with van der Waals surface area (Å²) >= 11 is 1.69. The summed E-state index contributed by atoms with van der Waals surface area (Å²) in [6, 6.07) is 8.22. The van der Waals surface area contributed by atoms with E-state index in [2.05, 4.69) is 31.6 Å². The number of pyridine rings is 1. The van der Waals surface area contributed by atoms with Gasteiger partial charge in [0.1, 0.15) is 5.82 Å². The third kappa shape index (κ3) is 4.56. The highest BCUT2D eigenvalue weighted by molar-refractivity contribution is 7.09. The summed E-state index contributed by atoms with van der Waals surface area (Å²) < 4.78 is 0. The van der Waals surface area contributed by atoms with Crippen LogP contribution in [0.1, 0.15) is 29.1 Å². The predicted molar refractivity (Wildman–Crippen MR) is 116 cm³/mol. The molecule has 1 aliphatic heterocycles. The predicted octanol–water partition coefficient (Wildman–Crippen LogP) is 4.10. The Morgan fingerprint density at radius 1 is 1.33 bits per heavy atom. The molecule has 1 saturated heterocycles. The van der Waals surface area contributed by atoms with Crippen LogP contribution in [0.25, 0.3) is 10.9 Å². The Morgan fingerprint density at radius 2 is 2.13 bits per heavy atom. The maximum Gasteiger partial charge on any atom is 0.270 e. The van der Waals surface area contributed by atoms with Gasteiger partial charge in [0.05, 0.1) is 32.8 Å². The molecule has 0 saturated carbocycles. The number of aryl methyl sites for hydroxylation is 1. The maximum atomic E-state index is 11.0. The molecule has 3 aromatic rings. The number of nitro benzene ring substituents is 1. The zero-order valence-corrected chi connectivity index (χ0v) is 17.5. The average Bonchev–Trinajstić information content (AvgIpc) is 3.16. The zero-order chi connectivity index (χ0) is 21.1. The van der Waals surface area contributed by atoms with Gasteiger partial charge in [-0.3, -0.25) is 15.0 Å². The van der Waals surface area contributed by atoms with Gasteiger partial charge in [0.15, 0.2) is 0 Å². The number of nitrogens with zero attached hydrogens (tertiary/aromatic N) is 5. The molecule has 9 heteroatoms. The van der Waals surface area contributed by atoms with Crippen molar-refractivity contribution in [1.82, 2.24) is 14.9 Å². The molecule has 1 aromatic carbocycles. The molecule has 1 aliphatic rings. The van der Waals surface area contributed by atoms with Crippen molar-refractivity contribution in [3.63, 3.8) is 0 Å². The Morgan fingerprint density at radius 3 is 2.80 bits per heavy atom. The van der Waals surface area contributed by atoms with E-state index in [1.165, 1.54) is 12.1 Å². The van der Waals surface area contributed by atoms with Gasteiger partial charge >= 0.3 is 0 Å². The van der Waals surface area contributed by atoms with Crippen LogP contribution in [-0.2, 0) is 6.54 Å². The summed E-state index contributed by atoms with van der Waals surface area (Å²) in [5.41, 5.74) is 2.08. The van der Waals surface area contributed by atoms with Gasteiger partial charge in [-0.1, -0.05) is 0 Å². The van der Waals surface area contributed by atoms with Gasteiger partial charge in [0.2, 0.25) is 0 Å². The van der Waals surface area contributed by atoms with E-state index in [4.69, 9.17) is 0 Å². The molecule has 154 valence electrons. The van der Waals surface area contributed by atoms with E-state index in [0.29, 0.717) is 28.2 Å². The van der Waals surface area contributed by atoms with E-state index >= 15 is 0 Å². The van der Waals surface area contributed by atoms with E-state index in [1.54, 1.807) is 23.5 Å². The Hall–Kier alpha value is -3.09. The number of piperidine rings is 1. The minimum atomic E-state index is -0.464. The first kappa shape index (κ1) is 20.2. The number of hydrogen-bond acceptors (Lipinski definition) is 8. The third-order valence-electron chi connectivity index (χ3n) is 5.45. The minimum absolute atomic E-state index is 0.0407. The van der Waals surface area contributed by atoms with E-state index in [9.17, 15) is 15.4 Å². The van der Waals surface area contributed by atoms with Crippen LogP contribution < -0.4 is 5.32 Å². The number of nitrogens with one attached hydrogen (secondary N) is 1. The highest BCUT2D eigenvalue weighted by Gasteiger charge is 2.20. The molecule has 0 bridgehead atoms. The van der Waals surface area contributed by atoms with Crippen LogP contribution in [0.4, 0.5) is 11.5 Å². The fourth-order valence-electron chi connectivity index (χ4n) is 3.82. The molecule has 30 heavy (non-hydrogen) atoms. The highest BCUT2D eigenvalue weighted by Crippen LogP contribution is 2.26. The first-order chi connectivity index (χ1) is 14.5. The smallest absolute Gasteiger partial charge is 0.270 e. The lowest BCUT2D eigenvalue weighted by Gasteiger charge is -2.31. The van der Waals surface area contributed by atoms with Crippen molar-refractivity contribution in [3.8, 4) is 6.07 Å². The van der Waals surface area contributed by atoms with Crippen molar-refractivity contribution in [2.75, 3.05) is 25.0 Å². The summed E-state index contributed by atoms with van der Waals surface area (Å²) in [7, 11) is 0. The van der Waals surface area contributed by atoms with Crippen LogP contribution >= 0.6 is 11.3 Å². The summed E-state index contributed by atoms with van der Waals surface area (Å²) in [4.78, 5) is 22.1. The van der Waals surface area contributed by atoms with Gasteiger partial charge in [0.25, 0.3) is 5.69 Å². The average molecular weight is 423 g/mol. The number of rotatable bonds is 6. The topological polar surface area (TPSA) is 108 Å². The van der Waals surface area contributed by atoms with E-state index in [-0.39, 0.29) is 5.69 Å². The molecule has 0 spiro atoms. The molecule has 0 amide bonds. The SMILES string of the molecule is Cc1nc(CN2CCC(CNc3cc(C#N)c4cc([N+](=O)[O-])ccc4n3)CC2)cs1. The number of nitriles is 1. The van der Waals surface area contributed by atoms with Crippen molar-refractivity contribution in [1.29, 1.82) is 5.26 Å². The van der Waals surface area contributed by atoms with Crippen LogP contribution in [0.3, 0.4) is 0 Å². The number of non-ortho nitro benzene ring substituents is 1. The Bertz CT molecular complexity index is 1110. The van der Waals surface area contributed by atoms with Crippen molar-refractivity contribution < 1.29 is 4.92 Å². The number of anilines is 1. The standard InChI is InChI=1S/C21H22N6O2S/c1-14-24-17(13-30-14)12-26-6-4-15(5-7-26)11-23-21-8-16(10-22)19-9-18(27(28)29)2-3-20(19)25-21/h2-3,8-9,13,15H,4-7,11-12H2,1H3,(H,23,25). The largest absolute Gasteiger partial charge is 0.370 e. The Labute approximate surface area is 178 Å². The third-order valence-corrected chi connectivity index (χ3v) is 6.28. The normalized spacial score (nSPS) is 15.2. The molecule has 2 aromatic heterocycles. The van der Waals surface area contributed by atoms with Gasteiger partial charge in [0, 0.05) is 36.0 Å². The van der Waals surface area contributed by atoms with Gasteiger partial charge < -0.3 is 5.32 Å². The number of hydrogen-bond donors (Lipinski definition) is 1. The second-order valence-electron chi connectivity index (χ2n) is 7.58. The number of aromatic nitrogens is 2. The van der Waals surface area contributed by atoms with Crippen molar-refractivity contribution >= 4 is 33.7 Å². The first-order valence-electron chi connectivity index (χ1n) is 9.88. The lowest BCUT2D eigenvalue weighted by Crippen LogP contribution is -2.35. The number of likely N-dealkylation sites (tertiary alicyclic amines) is 1. The molecule has 0 unspecified atom stereocenters. The fourth-order valence-corrected chi connectivity index (χ4v) is 4.42. The Balaban J connectivity index is 1.36. The molecule has 0 atom stereocenters. The quantitative estimate of drug-likeness (QED) is 0.470. The van der Waals surface area contributed by atoms with E-state index in [0.717, 1.165) is 49.7 Å². The molecule has 1 fully saturated rings. The van der Waals surface area contributed by atoms with Crippen molar-refractivity contribution in [2.45, 2.75) is 26.3 Å². The highest BCUT2D eigenvalue weighted by atomic mass is 32.1.